The van der Waals surface area contributed by atoms with Gasteiger partial charge in [0.05, 0.1) is 19.3 Å². The van der Waals surface area contributed by atoms with E-state index in [1.807, 2.05) is 12.1 Å². The zero-order chi connectivity index (χ0) is 14.7. The van der Waals surface area contributed by atoms with Crippen molar-refractivity contribution in [1.82, 2.24) is 4.90 Å². The molecule has 2 atom stereocenters. The van der Waals surface area contributed by atoms with Crippen molar-refractivity contribution in [2.24, 2.45) is 11.8 Å². The molecule has 0 aromatic heterocycles. The van der Waals surface area contributed by atoms with Crippen molar-refractivity contribution in [1.29, 1.82) is 0 Å². The molecule has 1 heterocycles. The summed E-state index contributed by atoms with van der Waals surface area (Å²) in [5, 5.41) is 0. The number of likely N-dealkylation sites (tertiary alicyclic amines) is 1. The highest BCUT2D eigenvalue weighted by atomic mass is 16.5. The first-order valence-electron chi connectivity index (χ1n) is 7.80. The van der Waals surface area contributed by atoms with Gasteiger partial charge in [0.2, 0.25) is 0 Å². The molecule has 0 radical (unpaired) electrons. The molecule has 1 aliphatic heterocycles. The molecular formula is C17H23NO3. The second-order valence-electron chi connectivity index (χ2n) is 6.08. The number of fused-ring (bicyclic) bond motifs is 1. The van der Waals surface area contributed by atoms with Crippen LogP contribution in [0.2, 0.25) is 0 Å². The van der Waals surface area contributed by atoms with Crippen molar-refractivity contribution < 1.29 is 14.3 Å². The first kappa shape index (κ1) is 14.4. The highest BCUT2D eigenvalue weighted by molar-refractivity contribution is 5.89. The van der Waals surface area contributed by atoms with Crippen LogP contribution in [0.25, 0.3) is 0 Å². The summed E-state index contributed by atoms with van der Waals surface area (Å²) in [6.45, 7) is 4.44. The Morgan fingerprint density at radius 1 is 1.19 bits per heavy atom. The molecular weight excluding hydrogens is 266 g/mol. The lowest BCUT2D eigenvalue weighted by Gasteiger charge is -2.28. The fraction of sp³-hybridized carbons (Fsp3) is 0.588. The van der Waals surface area contributed by atoms with Gasteiger partial charge in [-0.1, -0.05) is 0 Å². The number of hydrogen-bond donors (Lipinski definition) is 0. The molecule has 114 valence electrons. The molecule has 1 saturated heterocycles. The van der Waals surface area contributed by atoms with Crippen LogP contribution in [-0.2, 0) is 4.74 Å². The van der Waals surface area contributed by atoms with Gasteiger partial charge in [-0.25, -0.2) is 4.79 Å². The zero-order valence-corrected chi connectivity index (χ0v) is 12.6. The second kappa shape index (κ2) is 6.48. The Kier molecular flexibility index (Phi) is 4.44. The van der Waals surface area contributed by atoms with Gasteiger partial charge in [-0.3, -0.25) is 0 Å². The lowest BCUT2D eigenvalue weighted by molar-refractivity contribution is 0.0600. The maximum absolute atomic E-state index is 11.3. The van der Waals surface area contributed by atoms with E-state index >= 15 is 0 Å². The van der Waals surface area contributed by atoms with Gasteiger partial charge in [0, 0.05) is 19.6 Å². The Bertz CT molecular complexity index is 473. The van der Waals surface area contributed by atoms with Crippen LogP contribution >= 0.6 is 0 Å². The molecule has 4 heteroatoms. The van der Waals surface area contributed by atoms with Gasteiger partial charge in [-0.2, -0.15) is 0 Å². The summed E-state index contributed by atoms with van der Waals surface area (Å²) in [5.74, 6) is 2.46. The molecule has 0 bridgehead atoms. The van der Waals surface area contributed by atoms with Crippen LogP contribution in [-0.4, -0.2) is 44.2 Å². The van der Waals surface area contributed by atoms with Gasteiger partial charge >= 0.3 is 5.97 Å². The van der Waals surface area contributed by atoms with E-state index in [1.54, 1.807) is 12.1 Å². The number of esters is 1. The van der Waals surface area contributed by atoms with Crippen LogP contribution in [0.5, 0.6) is 5.75 Å². The van der Waals surface area contributed by atoms with Crippen LogP contribution in [0.1, 0.15) is 29.6 Å². The number of ether oxygens (including phenoxy) is 2. The Morgan fingerprint density at radius 2 is 1.86 bits per heavy atom. The summed E-state index contributed by atoms with van der Waals surface area (Å²) in [6, 6.07) is 7.11. The van der Waals surface area contributed by atoms with Gasteiger partial charge in [-0.15, -0.1) is 0 Å². The van der Waals surface area contributed by atoms with Crippen LogP contribution < -0.4 is 4.74 Å². The van der Waals surface area contributed by atoms with Crippen molar-refractivity contribution in [3.63, 3.8) is 0 Å². The average molecular weight is 289 g/mol. The Labute approximate surface area is 126 Å². The SMILES string of the molecule is COC(=O)c1ccc(OCCCN2CC3CCC3C2)cc1. The summed E-state index contributed by atoms with van der Waals surface area (Å²) in [4.78, 5) is 13.9. The van der Waals surface area contributed by atoms with Crippen LogP contribution in [0.3, 0.4) is 0 Å². The van der Waals surface area contributed by atoms with Gasteiger partial charge in [0.15, 0.2) is 0 Å². The Morgan fingerprint density at radius 3 is 2.43 bits per heavy atom. The summed E-state index contributed by atoms with van der Waals surface area (Å²) in [7, 11) is 1.39. The van der Waals surface area contributed by atoms with Gasteiger partial charge in [0.1, 0.15) is 5.75 Å². The first-order valence-corrected chi connectivity index (χ1v) is 7.80. The number of carbonyl (C=O) groups excluding carboxylic acids is 1. The van der Waals surface area contributed by atoms with Crippen molar-refractivity contribution in [3.05, 3.63) is 29.8 Å². The number of nitrogens with zero attached hydrogens (tertiary/aromatic N) is 1. The maximum atomic E-state index is 11.3. The van der Waals surface area contributed by atoms with E-state index in [-0.39, 0.29) is 5.97 Å². The van der Waals surface area contributed by atoms with E-state index in [9.17, 15) is 4.79 Å². The molecule has 21 heavy (non-hydrogen) atoms. The molecule has 1 aliphatic carbocycles. The largest absolute Gasteiger partial charge is 0.494 e. The molecule has 1 aromatic rings. The first-order chi connectivity index (χ1) is 10.3. The molecule has 2 unspecified atom stereocenters. The molecule has 2 fully saturated rings. The molecule has 3 rings (SSSR count). The third-order valence-electron chi connectivity index (χ3n) is 4.72. The molecule has 0 amide bonds. The Balaban J connectivity index is 1.36. The molecule has 4 nitrogen and oxygen atoms in total. The molecule has 1 saturated carbocycles. The predicted octanol–water partition coefficient (Wildman–Crippen LogP) is 2.58. The van der Waals surface area contributed by atoms with E-state index in [1.165, 1.54) is 33.0 Å². The van der Waals surface area contributed by atoms with Crippen LogP contribution in [0, 0.1) is 11.8 Å². The smallest absolute Gasteiger partial charge is 0.337 e. The van der Waals surface area contributed by atoms with E-state index in [2.05, 4.69) is 9.64 Å². The number of rotatable bonds is 6. The normalized spacial score (nSPS) is 24.2. The van der Waals surface area contributed by atoms with Crippen LogP contribution in [0.15, 0.2) is 24.3 Å². The van der Waals surface area contributed by atoms with Gasteiger partial charge in [-0.05, 0) is 55.4 Å². The lowest BCUT2D eigenvalue weighted by Crippen LogP contribution is -2.23. The zero-order valence-electron chi connectivity index (χ0n) is 12.6. The summed E-state index contributed by atoms with van der Waals surface area (Å²) in [5.41, 5.74) is 0.553. The summed E-state index contributed by atoms with van der Waals surface area (Å²) >= 11 is 0. The molecule has 1 aromatic carbocycles. The topological polar surface area (TPSA) is 38.8 Å². The molecule has 2 aliphatic rings. The number of carbonyl (C=O) groups is 1. The van der Waals surface area contributed by atoms with Crippen LogP contribution in [0.4, 0.5) is 0 Å². The van der Waals surface area contributed by atoms with Crippen molar-refractivity contribution >= 4 is 5.97 Å². The monoisotopic (exact) mass is 289 g/mol. The minimum atomic E-state index is -0.315. The van der Waals surface area contributed by atoms with Crippen molar-refractivity contribution in [3.8, 4) is 5.75 Å². The summed E-state index contributed by atoms with van der Waals surface area (Å²) in [6.07, 6.45) is 3.92. The standard InChI is InChI=1S/C17H23NO3/c1-20-17(19)13-5-7-16(8-6-13)21-10-2-9-18-11-14-3-4-15(14)12-18/h5-8,14-15H,2-4,9-12H2,1H3. The molecule has 0 spiro atoms. The number of benzene rings is 1. The van der Waals surface area contributed by atoms with Gasteiger partial charge < -0.3 is 14.4 Å². The predicted molar refractivity (Wildman–Crippen MR) is 80.5 cm³/mol. The van der Waals surface area contributed by atoms with E-state index in [4.69, 9.17) is 4.74 Å². The van der Waals surface area contributed by atoms with E-state index in [0.717, 1.165) is 37.2 Å². The maximum Gasteiger partial charge on any atom is 0.337 e. The van der Waals surface area contributed by atoms with E-state index < -0.39 is 0 Å². The third kappa shape index (κ3) is 3.38. The second-order valence-corrected chi connectivity index (χ2v) is 6.08. The quantitative estimate of drug-likeness (QED) is 0.596. The molecule has 0 N–H and O–H groups in total. The van der Waals surface area contributed by atoms with Crippen molar-refractivity contribution in [2.75, 3.05) is 33.4 Å². The van der Waals surface area contributed by atoms with E-state index in [0.29, 0.717) is 5.56 Å². The number of hydrogen-bond acceptors (Lipinski definition) is 4. The summed E-state index contributed by atoms with van der Waals surface area (Å²) < 4.78 is 10.4. The average Bonchev–Trinajstić information content (AvgIpc) is 2.78. The van der Waals surface area contributed by atoms with Crippen molar-refractivity contribution in [2.45, 2.75) is 19.3 Å². The highest BCUT2D eigenvalue weighted by Crippen LogP contribution is 2.40. The minimum Gasteiger partial charge on any atom is -0.494 e. The minimum absolute atomic E-state index is 0.315. The highest BCUT2D eigenvalue weighted by Gasteiger charge is 2.38. The number of methoxy groups -OCH3 is 1. The fourth-order valence-corrected chi connectivity index (χ4v) is 3.32. The third-order valence-corrected chi connectivity index (χ3v) is 4.72. The Hall–Kier alpha value is -1.55. The van der Waals surface area contributed by atoms with Gasteiger partial charge in [0.25, 0.3) is 0 Å². The fourth-order valence-electron chi connectivity index (χ4n) is 3.32. The lowest BCUT2D eigenvalue weighted by atomic mass is 9.77.